The third-order valence-corrected chi connectivity index (χ3v) is 3.85. The van der Waals surface area contributed by atoms with E-state index in [0.717, 1.165) is 43.5 Å². The Balaban J connectivity index is 1.45. The molecule has 1 aromatic carbocycles. The summed E-state index contributed by atoms with van der Waals surface area (Å²) in [6.07, 6.45) is 3.49. The average molecular weight is 322 g/mol. The Morgan fingerprint density at radius 3 is 2.54 bits per heavy atom. The van der Waals surface area contributed by atoms with Crippen molar-refractivity contribution in [3.05, 3.63) is 55.0 Å². The lowest BCUT2D eigenvalue weighted by Crippen LogP contribution is -2.36. The van der Waals surface area contributed by atoms with Crippen molar-refractivity contribution >= 4 is 17.5 Å². The minimum atomic E-state index is 0.541. The maximum absolute atomic E-state index is 5.36. The SMILES string of the molecule is c1ccc(-n2cnc(Nc3ccc(N4CCOCC4)nc3)n2)cc1. The van der Waals surface area contributed by atoms with Crippen LogP contribution in [-0.2, 0) is 4.74 Å². The second kappa shape index (κ2) is 6.67. The van der Waals surface area contributed by atoms with E-state index in [-0.39, 0.29) is 0 Å². The zero-order chi connectivity index (χ0) is 16.2. The third kappa shape index (κ3) is 3.21. The van der Waals surface area contributed by atoms with Crippen LogP contribution in [0.1, 0.15) is 0 Å². The fraction of sp³-hybridized carbons (Fsp3) is 0.235. The highest BCUT2D eigenvalue weighted by atomic mass is 16.5. The van der Waals surface area contributed by atoms with Gasteiger partial charge in [0.2, 0.25) is 5.95 Å². The number of nitrogens with one attached hydrogen (secondary N) is 1. The van der Waals surface area contributed by atoms with Crippen molar-refractivity contribution in [2.75, 3.05) is 36.5 Å². The molecule has 122 valence electrons. The number of nitrogens with zero attached hydrogens (tertiary/aromatic N) is 5. The number of ether oxygens (including phenoxy) is 1. The van der Waals surface area contributed by atoms with Gasteiger partial charge in [0, 0.05) is 13.1 Å². The van der Waals surface area contributed by atoms with Crippen molar-refractivity contribution in [1.29, 1.82) is 0 Å². The topological polar surface area (TPSA) is 68.1 Å². The van der Waals surface area contributed by atoms with Crippen LogP contribution in [0.15, 0.2) is 55.0 Å². The van der Waals surface area contributed by atoms with Gasteiger partial charge in [-0.3, -0.25) is 0 Å². The van der Waals surface area contributed by atoms with Crippen molar-refractivity contribution in [2.45, 2.75) is 0 Å². The van der Waals surface area contributed by atoms with E-state index in [1.54, 1.807) is 17.2 Å². The lowest BCUT2D eigenvalue weighted by molar-refractivity contribution is 0.122. The quantitative estimate of drug-likeness (QED) is 0.794. The van der Waals surface area contributed by atoms with Crippen LogP contribution in [0.25, 0.3) is 5.69 Å². The van der Waals surface area contributed by atoms with Crippen molar-refractivity contribution < 1.29 is 4.74 Å². The van der Waals surface area contributed by atoms with Gasteiger partial charge in [0.25, 0.3) is 0 Å². The van der Waals surface area contributed by atoms with Gasteiger partial charge in [0.05, 0.1) is 30.8 Å². The standard InChI is InChI=1S/C17H18N6O/c1-2-4-15(5-3-1)23-13-19-17(21-23)20-14-6-7-16(18-12-14)22-8-10-24-11-9-22/h1-7,12-13H,8-11H2,(H,20,21). The molecule has 4 rings (SSSR count). The van der Waals surface area contributed by atoms with Crippen molar-refractivity contribution in [2.24, 2.45) is 0 Å². The smallest absolute Gasteiger partial charge is 0.246 e. The van der Waals surface area contributed by atoms with Crippen LogP contribution in [0.3, 0.4) is 0 Å². The first-order valence-electron chi connectivity index (χ1n) is 7.91. The molecule has 2 aromatic heterocycles. The van der Waals surface area contributed by atoms with Gasteiger partial charge in [-0.25, -0.2) is 9.67 Å². The summed E-state index contributed by atoms with van der Waals surface area (Å²) in [5.41, 5.74) is 1.83. The van der Waals surface area contributed by atoms with Gasteiger partial charge in [-0.1, -0.05) is 18.2 Å². The fourth-order valence-corrected chi connectivity index (χ4v) is 2.59. The molecule has 24 heavy (non-hydrogen) atoms. The maximum atomic E-state index is 5.36. The predicted molar refractivity (Wildman–Crippen MR) is 91.9 cm³/mol. The number of anilines is 3. The number of benzene rings is 1. The number of morpholine rings is 1. The van der Waals surface area contributed by atoms with E-state index in [1.807, 2.05) is 42.5 Å². The molecule has 0 aliphatic carbocycles. The summed E-state index contributed by atoms with van der Waals surface area (Å²) in [5.74, 6) is 1.51. The Morgan fingerprint density at radius 1 is 0.958 bits per heavy atom. The van der Waals surface area contributed by atoms with E-state index < -0.39 is 0 Å². The van der Waals surface area contributed by atoms with Crippen LogP contribution in [-0.4, -0.2) is 46.1 Å². The van der Waals surface area contributed by atoms with Gasteiger partial charge in [-0.15, -0.1) is 5.10 Å². The summed E-state index contributed by atoms with van der Waals surface area (Å²) in [6.45, 7) is 3.26. The Kier molecular flexibility index (Phi) is 4.07. The molecule has 1 aliphatic rings. The molecule has 0 unspecified atom stereocenters. The highest BCUT2D eigenvalue weighted by Crippen LogP contribution is 2.18. The molecule has 1 aliphatic heterocycles. The number of hydrogen-bond donors (Lipinski definition) is 1. The number of para-hydroxylation sites is 1. The van der Waals surface area contributed by atoms with Crippen molar-refractivity contribution in [3.63, 3.8) is 0 Å². The summed E-state index contributed by atoms with van der Waals surface area (Å²) in [7, 11) is 0. The maximum Gasteiger partial charge on any atom is 0.246 e. The molecule has 0 atom stereocenters. The van der Waals surface area contributed by atoms with E-state index in [2.05, 4.69) is 25.3 Å². The molecule has 0 bridgehead atoms. The van der Waals surface area contributed by atoms with Crippen LogP contribution < -0.4 is 10.2 Å². The first-order chi connectivity index (χ1) is 11.9. The number of hydrogen-bond acceptors (Lipinski definition) is 6. The summed E-state index contributed by atoms with van der Waals surface area (Å²) >= 11 is 0. The molecule has 3 aromatic rings. The molecule has 0 radical (unpaired) electrons. The third-order valence-electron chi connectivity index (χ3n) is 3.85. The van der Waals surface area contributed by atoms with Crippen LogP contribution in [0, 0.1) is 0 Å². The fourth-order valence-electron chi connectivity index (χ4n) is 2.59. The highest BCUT2D eigenvalue weighted by Gasteiger charge is 2.12. The van der Waals surface area contributed by atoms with E-state index in [0.29, 0.717) is 5.95 Å². The normalized spacial score (nSPS) is 14.6. The summed E-state index contributed by atoms with van der Waals surface area (Å²) in [5, 5.41) is 7.60. The van der Waals surface area contributed by atoms with E-state index in [9.17, 15) is 0 Å². The number of aromatic nitrogens is 4. The first-order valence-corrected chi connectivity index (χ1v) is 7.91. The van der Waals surface area contributed by atoms with Crippen molar-refractivity contribution in [3.8, 4) is 5.69 Å². The molecule has 7 nitrogen and oxygen atoms in total. The molecule has 1 fully saturated rings. The van der Waals surface area contributed by atoms with Crippen LogP contribution in [0.2, 0.25) is 0 Å². The van der Waals surface area contributed by atoms with Crippen LogP contribution >= 0.6 is 0 Å². The zero-order valence-electron chi connectivity index (χ0n) is 13.2. The summed E-state index contributed by atoms with van der Waals surface area (Å²) in [4.78, 5) is 11.0. The number of rotatable bonds is 4. The predicted octanol–water partition coefficient (Wildman–Crippen LogP) is 2.24. The molecular formula is C17H18N6O. The first kappa shape index (κ1) is 14.6. The minimum Gasteiger partial charge on any atom is -0.378 e. The Morgan fingerprint density at radius 2 is 1.79 bits per heavy atom. The van der Waals surface area contributed by atoms with E-state index >= 15 is 0 Å². The lowest BCUT2D eigenvalue weighted by Gasteiger charge is -2.27. The van der Waals surface area contributed by atoms with Gasteiger partial charge in [0.15, 0.2) is 0 Å². The molecule has 3 heterocycles. The molecule has 1 saturated heterocycles. The molecule has 1 N–H and O–H groups in total. The van der Waals surface area contributed by atoms with Gasteiger partial charge in [-0.05, 0) is 24.3 Å². The van der Waals surface area contributed by atoms with Gasteiger partial charge < -0.3 is 15.0 Å². The molecule has 0 spiro atoms. The van der Waals surface area contributed by atoms with Gasteiger partial charge in [0.1, 0.15) is 12.1 Å². The largest absolute Gasteiger partial charge is 0.378 e. The minimum absolute atomic E-state index is 0.541. The molecule has 7 heteroatoms. The second-order valence-electron chi connectivity index (χ2n) is 5.48. The zero-order valence-corrected chi connectivity index (χ0v) is 13.2. The highest BCUT2D eigenvalue weighted by molar-refractivity contribution is 5.55. The van der Waals surface area contributed by atoms with Crippen LogP contribution in [0.5, 0.6) is 0 Å². The van der Waals surface area contributed by atoms with E-state index in [1.165, 1.54) is 0 Å². The Hall–Kier alpha value is -2.93. The number of pyridine rings is 1. The summed E-state index contributed by atoms with van der Waals surface area (Å²) in [6, 6.07) is 13.9. The van der Waals surface area contributed by atoms with Crippen LogP contribution in [0.4, 0.5) is 17.5 Å². The molecule has 0 amide bonds. The lowest BCUT2D eigenvalue weighted by atomic mass is 10.3. The Bertz CT molecular complexity index is 780. The monoisotopic (exact) mass is 322 g/mol. The van der Waals surface area contributed by atoms with Gasteiger partial charge in [-0.2, -0.15) is 4.98 Å². The average Bonchev–Trinajstić information content (AvgIpc) is 3.12. The second-order valence-corrected chi connectivity index (χ2v) is 5.48. The Labute approximate surface area is 139 Å². The van der Waals surface area contributed by atoms with E-state index in [4.69, 9.17) is 4.74 Å². The van der Waals surface area contributed by atoms with Gasteiger partial charge >= 0.3 is 0 Å². The molecular weight excluding hydrogens is 304 g/mol. The van der Waals surface area contributed by atoms with Crippen molar-refractivity contribution in [1.82, 2.24) is 19.7 Å². The summed E-state index contributed by atoms with van der Waals surface area (Å²) < 4.78 is 7.10. The molecule has 0 saturated carbocycles.